The fourth-order valence-corrected chi connectivity index (χ4v) is 2.83. The maximum atomic E-state index is 12.9. The van der Waals surface area contributed by atoms with E-state index in [2.05, 4.69) is 20.3 Å². The lowest BCUT2D eigenvalue weighted by Crippen LogP contribution is -2.30. The number of hydrogen-bond donors (Lipinski definition) is 1. The van der Waals surface area contributed by atoms with Gasteiger partial charge in [0.15, 0.2) is 0 Å². The van der Waals surface area contributed by atoms with Gasteiger partial charge in [-0.25, -0.2) is 4.98 Å². The van der Waals surface area contributed by atoms with Crippen LogP contribution in [0, 0.1) is 27.7 Å². The Morgan fingerprint density at radius 3 is 2.52 bits per heavy atom. The molecule has 0 saturated heterocycles. The zero-order chi connectivity index (χ0) is 19.6. The molecular weight excluding hydrogens is 342 g/mol. The summed E-state index contributed by atoms with van der Waals surface area (Å²) < 4.78 is 1.45. The van der Waals surface area contributed by atoms with Crippen LogP contribution in [0.25, 0.3) is 0 Å². The van der Waals surface area contributed by atoms with Crippen molar-refractivity contribution in [2.24, 2.45) is 0 Å². The molecule has 3 aromatic rings. The van der Waals surface area contributed by atoms with Crippen molar-refractivity contribution in [2.45, 2.75) is 34.2 Å². The van der Waals surface area contributed by atoms with Gasteiger partial charge in [-0.15, -0.1) is 0 Å². The number of carbonyl (C=O) groups excluding carboxylic acids is 1. The molecule has 3 aromatic heterocycles. The van der Waals surface area contributed by atoms with E-state index >= 15 is 0 Å². The van der Waals surface area contributed by atoms with E-state index in [1.807, 2.05) is 26.8 Å². The Balaban J connectivity index is 1.91. The molecule has 7 heteroatoms. The molecule has 0 aromatic carbocycles. The van der Waals surface area contributed by atoms with Gasteiger partial charge >= 0.3 is 0 Å². The normalized spacial score (nSPS) is 10.7. The van der Waals surface area contributed by atoms with E-state index in [9.17, 15) is 9.59 Å². The van der Waals surface area contributed by atoms with Crippen molar-refractivity contribution in [2.75, 3.05) is 5.32 Å². The SMILES string of the molecule is Cc1cc(C)nc(NC(=O)c2c(C)ccn(Cc3cnc(C)cn3)c2=O)c1. The Kier molecular flexibility index (Phi) is 5.12. The van der Waals surface area contributed by atoms with E-state index in [-0.39, 0.29) is 17.7 Å². The van der Waals surface area contributed by atoms with E-state index in [4.69, 9.17) is 0 Å². The largest absolute Gasteiger partial charge is 0.309 e. The van der Waals surface area contributed by atoms with Gasteiger partial charge in [0.1, 0.15) is 11.4 Å². The van der Waals surface area contributed by atoms with Crippen molar-refractivity contribution in [3.63, 3.8) is 0 Å². The fourth-order valence-electron chi connectivity index (χ4n) is 2.83. The molecule has 0 spiro atoms. The summed E-state index contributed by atoms with van der Waals surface area (Å²) in [5.74, 6) is -0.0459. The molecule has 3 heterocycles. The summed E-state index contributed by atoms with van der Waals surface area (Å²) in [5.41, 5.74) is 3.55. The van der Waals surface area contributed by atoms with Gasteiger partial charge in [0.25, 0.3) is 11.5 Å². The lowest BCUT2D eigenvalue weighted by molar-refractivity contribution is 0.102. The molecule has 0 aliphatic rings. The smallest absolute Gasteiger partial charge is 0.264 e. The average Bonchev–Trinajstić information content (AvgIpc) is 2.58. The Bertz CT molecular complexity index is 1030. The van der Waals surface area contributed by atoms with Crippen molar-refractivity contribution in [3.05, 3.63) is 80.9 Å². The van der Waals surface area contributed by atoms with Crippen LogP contribution in [-0.4, -0.2) is 25.4 Å². The van der Waals surface area contributed by atoms with E-state index in [0.29, 0.717) is 17.1 Å². The third-order valence-electron chi connectivity index (χ3n) is 4.11. The van der Waals surface area contributed by atoms with Gasteiger partial charge in [0.2, 0.25) is 0 Å². The van der Waals surface area contributed by atoms with Crippen molar-refractivity contribution in [1.82, 2.24) is 19.5 Å². The first-order valence-corrected chi connectivity index (χ1v) is 8.57. The van der Waals surface area contributed by atoms with E-state index < -0.39 is 5.91 Å². The number of hydrogen-bond acceptors (Lipinski definition) is 5. The quantitative estimate of drug-likeness (QED) is 0.769. The third-order valence-corrected chi connectivity index (χ3v) is 4.11. The lowest BCUT2D eigenvalue weighted by atomic mass is 10.1. The van der Waals surface area contributed by atoms with Crippen LogP contribution >= 0.6 is 0 Å². The topological polar surface area (TPSA) is 89.8 Å². The molecule has 1 N–H and O–H groups in total. The first-order valence-electron chi connectivity index (χ1n) is 8.57. The maximum Gasteiger partial charge on any atom is 0.264 e. The van der Waals surface area contributed by atoms with Crippen molar-refractivity contribution >= 4 is 11.7 Å². The van der Waals surface area contributed by atoms with Crippen LogP contribution in [0.3, 0.4) is 0 Å². The van der Waals surface area contributed by atoms with Gasteiger partial charge in [0, 0.05) is 18.1 Å². The molecule has 27 heavy (non-hydrogen) atoms. The average molecular weight is 363 g/mol. The minimum atomic E-state index is -0.473. The first kappa shape index (κ1) is 18.4. The second kappa shape index (κ2) is 7.49. The Hall–Kier alpha value is -3.35. The predicted molar refractivity (Wildman–Crippen MR) is 103 cm³/mol. The number of amides is 1. The molecule has 0 aliphatic heterocycles. The van der Waals surface area contributed by atoms with Gasteiger partial charge in [-0.2, -0.15) is 0 Å². The molecule has 0 radical (unpaired) electrons. The molecule has 138 valence electrons. The molecular formula is C20H21N5O2. The highest BCUT2D eigenvalue weighted by molar-refractivity contribution is 6.04. The molecule has 0 aliphatic carbocycles. The Morgan fingerprint density at radius 2 is 1.85 bits per heavy atom. The minimum absolute atomic E-state index is 0.0959. The minimum Gasteiger partial charge on any atom is -0.309 e. The highest BCUT2D eigenvalue weighted by Gasteiger charge is 2.17. The highest BCUT2D eigenvalue weighted by atomic mass is 16.2. The van der Waals surface area contributed by atoms with Crippen molar-refractivity contribution < 1.29 is 4.79 Å². The van der Waals surface area contributed by atoms with E-state index in [1.54, 1.807) is 37.6 Å². The maximum absolute atomic E-state index is 12.9. The number of pyridine rings is 2. The van der Waals surface area contributed by atoms with Crippen LogP contribution < -0.4 is 10.9 Å². The van der Waals surface area contributed by atoms with Gasteiger partial charge in [-0.3, -0.25) is 19.6 Å². The second-order valence-electron chi connectivity index (χ2n) is 6.58. The molecule has 0 unspecified atom stereocenters. The molecule has 0 fully saturated rings. The summed E-state index contributed by atoms with van der Waals surface area (Å²) in [6.45, 7) is 7.60. The van der Waals surface area contributed by atoms with Crippen LogP contribution in [0.1, 0.15) is 38.6 Å². The molecule has 3 rings (SSSR count). The Labute approximate surface area is 157 Å². The summed E-state index contributed by atoms with van der Waals surface area (Å²) in [5, 5.41) is 2.73. The summed E-state index contributed by atoms with van der Waals surface area (Å²) in [6, 6.07) is 5.43. The van der Waals surface area contributed by atoms with Gasteiger partial charge in [0.05, 0.1) is 24.1 Å². The van der Waals surface area contributed by atoms with Crippen LogP contribution in [0.2, 0.25) is 0 Å². The number of nitrogens with one attached hydrogen (secondary N) is 1. The number of aromatic nitrogens is 4. The van der Waals surface area contributed by atoms with Gasteiger partial charge in [-0.05, 0) is 57.0 Å². The standard InChI is InChI=1S/C20H21N5O2/c1-12-7-14(3)23-17(8-12)24-19(26)18-13(2)5-6-25(20(18)27)11-16-10-21-15(4)9-22-16/h5-10H,11H2,1-4H3,(H,23,24,26). The molecule has 1 amide bonds. The van der Waals surface area contributed by atoms with Crippen LogP contribution in [0.5, 0.6) is 0 Å². The zero-order valence-corrected chi connectivity index (χ0v) is 15.8. The predicted octanol–water partition coefficient (Wildman–Crippen LogP) is 2.57. The number of nitrogens with zero attached hydrogens (tertiary/aromatic N) is 4. The summed E-state index contributed by atoms with van der Waals surface area (Å²) in [4.78, 5) is 38.3. The van der Waals surface area contributed by atoms with E-state index in [0.717, 1.165) is 17.0 Å². The molecule has 0 bridgehead atoms. The van der Waals surface area contributed by atoms with Crippen LogP contribution in [0.4, 0.5) is 5.82 Å². The fraction of sp³-hybridized carbons (Fsp3) is 0.250. The van der Waals surface area contributed by atoms with Crippen molar-refractivity contribution in [3.8, 4) is 0 Å². The first-order chi connectivity index (χ1) is 12.8. The van der Waals surface area contributed by atoms with Gasteiger partial charge < -0.3 is 9.88 Å². The third kappa shape index (κ3) is 4.25. The highest BCUT2D eigenvalue weighted by Crippen LogP contribution is 2.11. The molecule has 0 saturated carbocycles. The van der Waals surface area contributed by atoms with E-state index in [1.165, 1.54) is 4.57 Å². The number of anilines is 1. The van der Waals surface area contributed by atoms with Crippen LogP contribution in [-0.2, 0) is 6.54 Å². The lowest BCUT2D eigenvalue weighted by Gasteiger charge is -2.11. The number of aryl methyl sites for hydroxylation is 4. The monoisotopic (exact) mass is 363 g/mol. The summed E-state index contributed by atoms with van der Waals surface area (Å²) in [6.07, 6.45) is 4.93. The van der Waals surface area contributed by atoms with Crippen molar-refractivity contribution in [1.29, 1.82) is 0 Å². The molecule has 7 nitrogen and oxygen atoms in total. The zero-order valence-electron chi connectivity index (χ0n) is 15.8. The molecule has 0 atom stereocenters. The summed E-state index contributed by atoms with van der Waals surface area (Å²) >= 11 is 0. The van der Waals surface area contributed by atoms with Crippen LogP contribution in [0.15, 0.2) is 41.6 Å². The number of carbonyl (C=O) groups is 1. The Morgan fingerprint density at radius 1 is 1.07 bits per heavy atom. The second-order valence-corrected chi connectivity index (χ2v) is 6.58. The number of rotatable bonds is 4. The summed E-state index contributed by atoms with van der Waals surface area (Å²) in [7, 11) is 0. The van der Waals surface area contributed by atoms with Gasteiger partial charge in [-0.1, -0.05) is 0 Å².